The van der Waals surface area contributed by atoms with Gasteiger partial charge in [-0.25, -0.2) is 13.6 Å². The highest BCUT2D eigenvalue weighted by Gasteiger charge is 2.09. The number of carbonyl (C=O) groups is 1. The number of benzene rings is 2. The first-order valence-electron chi connectivity index (χ1n) is 7.17. The molecule has 0 saturated carbocycles. The summed E-state index contributed by atoms with van der Waals surface area (Å²) >= 11 is 0. The Kier molecular flexibility index (Phi) is 6.05. The quantitative estimate of drug-likeness (QED) is 0.608. The number of hydrogen-bond acceptors (Lipinski definition) is 4. The van der Waals surface area contributed by atoms with Crippen LogP contribution in [0.2, 0.25) is 0 Å². The molecule has 122 valence electrons. The lowest BCUT2D eigenvalue weighted by molar-refractivity contribution is 0.0600. The van der Waals surface area contributed by atoms with Gasteiger partial charge in [-0.05, 0) is 35.9 Å². The van der Waals surface area contributed by atoms with Crippen LogP contribution in [0, 0.1) is 11.6 Å². The fourth-order valence-corrected chi connectivity index (χ4v) is 2.07. The summed E-state index contributed by atoms with van der Waals surface area (Å²) < 4.78 is 31.3. The van der Waals surface area contributed by atoms with Crippen molar-refractivity contribution in [2.75, 3.05) is 25.5 Å². The highest BCUT2D eigenvalue weighted by atomic mass is 19.1. The van der Waals surface area contributed by atoms with Gasteiger partial charge in [0.15, 0.2) is 0 Å². The first-order chi connectivity index (χ1) is 11.1. The fraction of sp³-hybridized carbons (Fsp3) is 0.235. The number of methoxy groups -OCH3 is 1. The molecule has 0 bridgehead atoms. The summed E-state index contributed by atoms with van der Waals surface area (Å²) in [5, 5.41) is 6.03. The molecular weight excluding hydrogens is 302 g/mol. The minimum absolute atomic E-state index is 0.237. The van der Waals surface area contributed by atoms with E-state index in [0.717, 1.165) is 5.56 Å². The van der Waals surface area contributed by atoms with Crippen LogP contribution < -0.4 is 10.6 Å². The van der Waals surface area contributed by atoms with Gasteiger partial charge in [0, 0.05) is 19.6 Å². The van der Waals surface area contributed by atoms with Crippen LogP contribution in [0.1, 0.15) is 15.9 Å². The van der Waals surface area contributed by atoms with E-state index in [9.17, 15) is 13.6 Å². The Morgan fingerprint density at radius 3 is 2.70 bits per heavy atom. The van der Waals surface area contributed by atoms with E-state index >= 15 is 0 Å². The van der Waals surface area contributed by atoms with Crippen molar-refractivity contribution in [3.8, 4) is 0 Å². The van der Waals surface area contributed by atoms with Crippen molar-refractivity contribution < 1.29 is 18.3 Å². The van der Waals surface area contributed by atoms with Gasteiger partial charge >= 0.3 is 5.97 Å². The number of ether oxygens (including phenoxy) is 1. The standard InChI is InChI=1S/C17H18F2N2O2/c1-23-17(22)13-5-6-15(19)16(10-13)21-8-7-20-11-12-3-2-4-14(18)9-12/h2-6,9-10,20-21H,7-8,11H2,1H3. The molecule has 0 heterocycles. The van der Waals surface area contributed by atoms with Gasteiger partial charge < -0.3 is 15.4 Å². The molecule has 0 aliphatic carbocycles. The molecule has 23 heavy (non-hydrogen) atoms. The van der Waals surface area contributed by atoms with Crippen LogP contribution in [0.3, 0.4) is 0 Å². The first kappa shape index (κ1) is 16.9. The van der Waals surface area contributed by atoms with E-state index in [1.165, 1.54) is 37.4 Å². The third-order valence-corrected chi connectivity index (χ3v) is 3.22. The summed E-state index contributed by atoms with van der Waals surface area (Å²) in [4.78, 5) is 11.4. The lowest BCUT2D eigenvalue weighted by atomic mass is 10.2. The van der Waals surface area contributed by atoms with E-state index < -0.39 is 11.8 Å². The van der Waals surface area contributed by atoms with Gasteiger partial charge in [-0.3, -0.25) is 0 Å². The average molecular weight is 320 g/mol. The molecule has 0 unspecified atom stereocenters. The van der Waals surface area contributed by atoms with Gasteiger partial charge in [0.05, 0.1) is 18.4 Å². The van der Waals surface area contributed by atoms with E-state index in [-0.39, 0.29) is 17.1 Å². The minimum Gasteiger partial charge on any atom is -0.465 e. The molecular formula is C17H18F2N2O2. The molecule has 0 aliphatic rings. The predicted octanol–water partition coefficient (Wildman–Crippen LogP) is 2.95. The fourth-order valence-electron chi connectivity index (χ4n) is 2.07. The largest absolute Gasteiger partial charge is 0.465 e. The highest BCUT2D eigenvalue weighted by Crippen LogP contribution is 2.16. The molecule has 2 aromatic rings. The summed E-state index contributed by atoms with van der Waals surface area (Å²) in [6.45, 7) is 1.53. The van der Waals surface area contributed by atoms with Crippen LogP contribution >= 0.6 is 0 Å². The molecule has 0 fully saturated rings. The molecule has 4 nitrogen and oxygen atoms in total. The van der Waals surface area contributed by atoms with Crippen molar-refractivity contribution in [2.24, 2.45) is 0 Å². The molecule has 0 atom stereocenters. The van der Waals surface area contributed by atoms with E-state index in [2.05, 4.69) is 15.4 Å². The topological polar surface area (TPSA) is 50.4 Å². The number of rotatable bonds is 7. The van der Waals surface area contributed by atoms with E-state index in [1.807, 2.05) is 6.07 Å². The van der Waals surface area contributed by atoms with Crippen LogP contribution in [0.25, 0.3) is 0 Å². The SMILES string of the molecule is COC(=O)c1ccc(F)c(NCCNCc2cccc(F)c2)c1. The van der Waals surface area contributed by atoms with Crippen molar-refractivity contribution >= 4 is 11.7 Å². The van der Waals surface area contributed by atoms with Gasteiger partial charge in [-0.15, -0.1) is 0 Å². The maximum atomic E-state index is 13.7. The van der Waals surface area contributed by atoms with Crippen LogP contribution in [0.15, 0.2) is 42.5 Å². The number of anilines is 1. The van der Waals surface area contributed by atoms with E-state index in [1.54, 1.807) is 6.07 Å². The Labute approximate surface area is 133 Å². The molecule has 0 spiro atoms. The summed E-state index contributed by atoms with van der Waals surface area (Å²) in [6.07, 6.45) is 0. The Morgan fingerprint density at radius 2 is 1.96 bits per heavy atom. The highest BCUT2D eigenvalue weighted by molar-refractivity contribution is 5.90. The van der Waals surface area contributed by atoms with Crippen molar-refractivity contribution in [1.29, 1.82) is 0 Å². The normalized spacial score (nSPS) is 10.4. The van der Waals surface area contributed by atoms with Crippen molar-refractivity contribution in [3.63, 3.8) is 0 Å². The number of hydrogen-bond donors (Lipinski definition) is 2. The smallest absolute Gasteiger partial charge is 0.337 e. The second-order valence-corrected chi connectivity index (χ2v) is 4.92. The number of nitrogens with one attached hydrogen (secondary N) is 2. The molecule has 0 saturated heterocycles. The van der Waals surface area contributed by atoms with Gasteiger partial charge in [0.2, 0.25) is 0 Å². The second kappa shape index (κ2) is 8.24. The number of esters is 1. The average Bonchev–Trinajstić information content (AvgIpc) is 2.55. The van der Waals surface area contributed by atoms with E-state index in [4.69, 9.17) is 0 Å². The predicted molar refractivity (Wildman–Crippen MR) is 84.3 cm³/mol. The van der Waals surface area contributed by atoms with Gasteiger partial charge in [0.1, 0.15) is 11.6 Å². The molecule has 6 heteroatoms. The van der Waals surface area contributed by atoms with Crippen molar-refractivity contribution in [3.05, 3.63) is 65.2 Å². The maximum Gasteiger partial charge on any atom is 0.337 e. The zero-order valence-electron chi connectivity index (χ0n) is 12.7. The summed E-state index contributed by atoms with van der Waals surface area (Å²) in [6, 6.07) is 10.3. The Bertz CT molecular complexity index is 677. The third kappa shape index (κ3) is 5.03. The zero-order chi connectivity index (χ0) is 16.7. The summed E-state index contributed by atoms with van der Waals surface area (Å²) in [7, 11) is 1.27. The number of halogens is 2. The lowest BCUT2D eigenvalue weighted by Gasteiger charge is -2.10. The molecule has 0 amide bonds. The van der Waals surface area contributed by atoms with Crippen LogP contribution in [0.4, 0.5) is 14.5 Å². The van der Waals surface area contributed by atoms with Crippen LogP contribution in [0.5, 0.6) is 0 Å². The number of carbonyl (C=O) groups excluding carboxylic acids is 1. The lowest BCUT2D eigenvalue weighted by Crippen LogP contribution is -2.22. The molecule has 0 radical (unpaired) electrons. The van der Waals surface area contributed by atoms with Crippen molar-refractivity contribution in [2.45, 2.75) is 6.54 Å². The zero-order valence-corrected chi connectivity index (χ0v) is 12.7. The van der Waals surface area contributed by atoms with Gasteiger partial charge in [-0.2, -0.15) is 0 Å². The van der Waals surface area contributed by atoms with Crippen LogP contribution in [-0.2, 0) is 11.3 Å². The van der Waals surface area contributed by atoms with Crippen LogP contribution in [-0.4, -0.2) is 26.2 Å². The third-order valence-electron chi connectivity index (χ3n) is 3.22. The minimum atomic E-state index is -0.516. The van der Waals surface area contributed by atoms with E-state index in [0.29, 0.717) is 19.6 Å². The Balaban J connectivity index is 1.81. The Hall–Kier alpha value is -2.47. The monoisotopic (exact) mass is 320 g/mol. The molecule has 2 aromatic carbocycles. The second-order valence-electron chi connectivity index (χ2n) is 4.92. The van der Waals surface area contributed by atoms with Crippen molar-refractivity contribution in [1.82, 2.24) is 5.32 Å². The molecule has 0 aromatic heterocycles. The molecule has 0 aliphatic heterocycles. The first-order valence-corrected chi connectivity index (χ1v) is 7.17. The molecule has 2 rings (SSSR count). The molecule has 2 N–H and O–H groups in total. The Morgan fingerprint density at radius 1 is 1.13 bits per heavy atom. The summed E-state index contributed by atoms with van der Waals surface area (Å²) in [5.41, 5.74) is 1.36. The maximum absolute atomic E-state index is 13.7. The van der Waals surface area contributed by atoms with Gasteiger partial charge in [-0.1, -0.05) is 12.1 Å². The summed E-state index contributed by atoms with van der Waals surface area (Å²) in [5.74, 6) is -1.23. The van der Waals surface area contributed by atoms with Gasteiger partial charge in [0.25, 0.3) is 0 Å².